The summed E-state index contributed by atoms with van der Waals surface area (Å²) in [5, 5.41) is 0.284. The molecule has 1 aliphatic rings. The Morgan fingerprint density at radius 3 is 2.60 bits per heavy atom. The molecule has 1 atom stereocenters. The minimum absolute atomic E-state index is 0.204. The summed E-state index contributed by atoms with van der Waals surface area (Å²) in [6, 6.07) is 0.204. The zero-order chi connectivity index (χ0) is 14.8. The van der Waals surface area contributed by atoms with Crippen molar-refractivity contribution in [2.45, 2.75) is 43.4 Å². The number of piperidine rings is 1. The lowest BCUT2D eigenvalue weighted by Gasteiger charge is -2.32. The summed E-state index contributed by atoms with van der Waals surface area (Å²) in [5.74, 6) is 0. The second-order valence-corrected chi connectivity index (χ2v) is 8.22. The molecule has 1 aliphatic heterocycles. The van der Waals surface area contributed by atoms with Gasteiger partial charge in [-0.15, -0.1) is 0 Å². The summed E-state index contributed by atoms with van der Waals surface area (Å²) in [6.07, 6.45) is 3.66. The number of anilines is 1. The highest BCUT2D eigenvalue weighted by Crippen LogP contribution is 2.24. The van der Waals surface area contributed by atoms with Crippen LogP contribution in [0.3, 0.4) is 0 Å². The molecule has 8 heteroatoms. The fraction of sp³-hybridized carbons (Fsp3) is 0.750. The number of nitrogens with two attached hydrogens (primary N) is 1. The van der Waals surface area contributed by atoms with Crippen molar-refractivity contribution in [3.8, 4) is 0 Å². The first-order chi connectivity index (χ1) is 9.40. The van der Waals surface area contributed by atoms with Crippen molar-refractivity contribution in [3.63, 3.8) is 0 Å². The van der Waals surface area contributed by atoms with Gasteiger partial charge in [0.15, 0.2) is 9.34 Å². The van der Waals surface area contributed by atoms with Crippen molar-refractivity contribution in [1.29, 1.82) is 0 Å². The molecule has 2 heterocycles. The van der Waals surface area contributed by atoms with Crippen LogP contribution in [-0.4, -0.2) is 44.0 Å². The molecule has 114 valence electrons. The molecule has 20 heavy (non-hydrogen) atoms. The number of hydrogen-bond acceptors (Lipinski definition) is 6. The summed E-state index contributed by atoms with van der Waals surface area (Å²) in [4.78, 5) is 6.29. The van der Waals surface area contributed by atoms with Crippen LogP contribution in [0.5, 0.6) is 0 Å². The molecule has 6 nitrogen and oxygen atoms in total. The third-order valence-electron chi connectivity index (χ3n) is 3.60. The highest BCUT2D eigenvalue weighted by atomic mass is 32.2. The summed E-state index contributed by atoms with van der Waals surface area (Å²) in [7, 11) is -3.50. The second kappa shape index (κ2) is 6.38. The number of likely N-dealkylation sites (tertiary alicyclic amines) is 1. The zero-order valence-electron chi connectivity index (χ0n) is 11.9. The number of nitrogens with zero attached hydrogens (tertiary/aromatic N) is 2. The first kappa shape index (κ1) is 15.7. The van der Waals surface area contributed by atoms with Crippen LogP contribution in [0.25, 0.3) is 0 Å². The average molecular weight is 318 g/mol. The van der Waals surface area contributed by atoms with Gasteiger partial charge in [0.1, 0.15) is 0 Å². The van der Waals surface area contributed by atoms with Crippen LogP contribution >= 0.6 is 11.3 Å². The third kappa shape index (κ3) is 3.69. The number of aryl methyl sites for hydroxylation is 1. The van der Waals surface area contributed by atoms with Crippen molar-refractivity contribution in [3.05, 3.63) is 5.69 Å². The molecule has 0 saturated carbocycles. The number of nitrogen functional groups attached to an aromatic ring is 1. The molecule has 1 saturated heterocycles. The highest BCUT2D eigenvalue weighted by molar-refractivity contribution is 7.91. The van der Waals surface area contributed by atoms with Gasteiger partial charge in [0.2, 0.25) is 0 Å². The highest BCUT2D eigenvalue weighted by Gasteiger charge is 2.23. The molecule has 0 bridgehead atoms. The van der Waals surface area contributed by atoms with Crippen LogP contribution < -0.4 is 10.5 Å². The van der Waals surface area contributed by atoms with E-state index in [1.807, 2.05) is 0 Å². The van der Waals surface area contributed by atoms with Gasteiger partial charge >= 0.3 is 0 Å². The maximum Gasteiger partial charge on any atom is 0.252 e. The molecular weight excluding hydrogens is 296 g/mol. The fourth-order valence-corrected chi connectivity index (χ4v) is 4.90. The fourth-order valence-electron chi connectivity index (χ4n) is 2.44. The van der Waals surface area contributed by atoms with E-state index in [0.29, 0.717) is 12.2 Å². The minimum Gasteiger partial charge on any atom is -0.375 e. The average Bonchev–Trinajstić information content (AvgIpc) is 2.77. The first-order valence-electron chi connectivity index (χ1n) is 6.87. The molecule has 0 radical (unpaired) electrons. The molecule has 0 amide bonds. The number of hydrogen-bond donors (Lipinski definition) is 2. The smallest absolute Gasteiger partial charge is 0.252 e. The van der Waals surface area contributed by atoms with Crippen LogP contribution in [0.4, 0.5) is 5.13 Å². The van der Waals surface area contributed by atoms with Gasteiger partial charge in [0.05, 0.1) is 5.69 Å². The maximum absolute atomic E-state index is 12.2. The number of nitrogens with one attached hydrogen (secondary N) is 1. The summed E-state index contributed by atoms with van der Waals surface area (Å²) < 4.78 is 27.4. The van der Waals surface area contributed by atoms with Crippen LogP contribution in [0.1, 0.15) is 31.9 Å². The largest absolute Gasteiger partial charge is 0.375 e. The Morgan fingerprint density at radius 1 is 1.40 bits per heavy atom. The Bertz CT molecular complexity index is 550. The van der Waals surface area contributed by atoms with Gasteiger partial charge in [0, 0.05) is 12.6 Å². The summed E-state index contributed by atoms with van der Waals surface area (Å²) >= 11 is 1.01. The molecule has 1 fully saturated rings. The summed E-state index contributed by atoms with van der Waals surface area (Å²) in [6.45, 7) is 6.24. The Balaban J connectivity index is 1.97. The topological polar surface area (TPSA) is 88.3 Å². The standard InChI is InChI=1S/C12H22N4O2S2/c1-9(16-6-4-3-5-7-16)8-14-20(17,18)11-10(2)15-12(13)19-11/h9,14H,3-8H2,1-2H3,(H2,13,15). The lowest BCUT2D eigenvalue weighted by molar-refractivity contribution is 0.175. The predicted octanol–water partition coefficient (Wildman–Crippen LogP) is 1.19. The number of rotatable bonds is 5. The maximum atomic E-state index is 12.2. The Kier molecular flexibility index (Phi) is 5.00. The van der Waals surface area contributed by atoms with Crippen molar-refractivity contribution < 1.29 is 8.42 Å². The second-order valence-electron chi connectivity index (χ2n) is 5.22. The van der Waals surface area contributed by atoms with Crippen LogP contribution in [0.15, 0.2) is 4.21 Å². The lowest BCUT2D eigenvalue weighted by Crippen LogP contribution is -2.44. The SMILES string of the molecule is Cc1nc(N)sc1S(=O)(=O)NCC(C)N1CCCCC1. The van der Waals surface area contributed by atoms with Crippen molar-refractivity contribution in [1.82, 2.24) is 14.6 Å². The van der Waals surface area contributed by atoms with Crippen LogP contribution in [0, 0.1) is 6.92 Å². The van der Waals surface area contributed by atoms with E-state index in [4.69, 9.17) is 5.73 Å². The molecule has 1 unspecified atom stereocenters. The number of sulfonamides is 1. The Hall–Kier alpha value is -0.700. The predicted molar refractivity (Wildman–Crippen MR) is 81.3 cm³/mol. The Labute approximate surface area is 124 Å². The molecule has 1 aromatic rings. The molecule has 3 N–H and O–H groups in total. The number of aromatic nitrogens is 1. The van der Waals surface area contributed by atoms with E-state index in [-0.39, 0.29) is 15.4 Å². The van der Waals surface area contributed by atoms with Gasteiger partial charge < -0.3 is 5.73 Å². The van der Waals surface area contributed by atoms with Crippen molar-refractivity contribution >= 4 is 26.5 Å². The van der Waals surface area contributed by atoms with Crippen molar-refractivity contribution in [2.75, 3.05) is 25.4 Å². The van der Waals surface area contributed by atoms with Gasteiger partial charge in [-0.2, -0.15) is 0 Å². The van der Waals surface area contributed by atoms with Gasteiger partial charge in [-0.05, 0) is 39.8 Å². The van der Waals surface area contributed by atoms with Crippen LogP contribution in [0.2, 0.25) is 0 Å². The molecular formula is C12H22N4O2S2. The Morgan fingerprint density at radius 2 is 2.05 bits per heavy atom. The molecule has 0 spiro atoms. The number of thiazole rings is 1. The normalized spacial score (nSPS) is 19.1. The van der Waals surface area contributed by atoms with E-state index in [1.165, 1.54) is 19.3 Å². The lowest BCUT2D eigenvalue weighted by atomic mass is 10.1. The molecule has 2 rings (SSSR count). The minimum atomic E-state index is -3.50. The molecule has 1 aromatic heterocycles. The van der Waals surface area contributed by atoms with E-state index in [2.05, 4.69) is 21.5 Å². The first-order valence-corrected chi connectivity index (χ1v) is 9.17. The van der Waals surface area contributed by atoms with E-state index in [1.54, 1.807) is 6.92 Å². The van der Waals surface area contributed by atoms with Gasteiger partial charge in [-0.3, -0.25) is 4.90 Å². The summed E-state index contributed by atoms with van der Waals surface area (Å²) in [5.41, 5.74) is 6.02. The third-order valence-corrected chi connectivity index (χ3v) is 6.62. The molecule has 0 aromatic carbocycles. The zero-order valence-corrected chi connectivity index (χ0v) is 13.6. The van der Waals surface area contributed by atoms with Gasteiger partial charge in [-0.25, -0.2) is 18.1 Å². The van der Waals surface area contributed by atoms with Crippen molar-refractivity contribution in [2.24, 2.45) is 0 Å². The van der Waals surface area contributed by atoms with E-state index in [9.17, 15) is 8.42 Å². The van der Waals surface area contributed by atoms with Gasteiger partial charge in [-0.1, -0.05) is 17.8 Å². The quantitative estimate of drug-likeness (QED) is 0.851. The van der Waals surface area contributed by atoms with Crippen LogP contribution in [-0.2, 0) is 10.0 Å². The van der Waals surface area contributed by atoms with E-state index in [0.717, 1.165) is 24.4 Å². The monoisotopic (exact) mass is 318 g/mol. The van der Waals surface area contributed by atoms with Gasteiger partial charge in [0.25, 0.3) is 10.0 Å². The van der Waals surface area contributed by atoms with E-state index >= 15 is 0 Å². The van der Waals surface area contributed by atoms with E-state index < -0.39 is 10.0 Å². The molecule has 0 aliphatic carbocycles.